The Bertz CT molecular complexity index is 4080. The van der Waals surface area contributed by atoms with E-state index < -0.39 is 0 Å². The van der Waals surface area contributed by atoms with Crippen LogP contribution in [0.5, 0.6) is 0 Å². The van der Waals surface area contributed by atoms with Gasteiger partial charge in [0.15, 0.2) is 11.6 Å². The normalized spacial score (nSPS) is 13.3. The van der Waals surface area contributed by atoms with E-state index in [1.54, 1.807) is 0 Å². The lowest BCUT2D eigenvalue weighted by atomic mass is 9.86. The molecule has 0 radical (unpaired) electrons. The zero-order chi connectivity index (χ0) is 57.7. The molecule has 6 heteroatoms. The quantitative estimate of drug-likeness (QED) is 0.173. The molecule has 0 aliphatic rings. The summed E-state index contributed by atoms with van der Waals surface area (Å²) in [6.07, 6.45) is 0. The monoisotopic (exact) mass is 1060 g/mol. The molecule has 0 fully saturated rings. The fraction of sp³-hybridized carbons (Fsp3) is 0.320. The Morgan fingerprint density at radius 1 is 0.247 bits per heavy atom. The van der Waals surface area contributed by atoms with Crippen molar-refractivity contribution in [3.63, 3.8) is 0 Å². The lowest BCUT2D eigenvalue weighted by Crippen LogP contribution is -2.13. The molecule has 81 heavy (non-hydrogen) atoms. The molecule has 8 aromatic carbocycles. The number of aromatic nitrogens is 6. The highest BCUT2D eigenvalue weighted by Crippen LogP contribution is 2.44. The highest BCUT2D eigenvalue weighted by Gasteiger charge is 2.29. The largest absolute Gasteiger partial charge is 0.308 e. The average molecular weight is 1070 g/mol. The lowest BCUT2D eigenvalue weighted by Gasteiger charge is -2.21. The van der Waals surface area contributed by atoms with Crippen LogP contribution in [0.2, 0.25) is 0 Å². The van der Waals surface area contributed by atoms with E-state index in [0.717, 1.165) is 66.4 Å². The first-order valence-electron chi connectivity index (χ1n) is 29.2. The van der Waals surface area contributed by atoms with Gasteiger partial charge in [0.05, 0.1) is 44.5 Å². The standard InChI is InChI=1S/C75H80N6/c1-70(2,3)45-27-33-51-52-34-28-46(71(4,5)6)40-62(52)79(61(51)39-45)59-25-21-19-23-57(59)67-76-68(78-69(77-67)81-65-43-49(74(13,14)15)31-37-55(65)56-38-32-50(44-66(56)81)75(16,17)18)58-24-20-22-26-60(58)80-63-41-47(72(7,8)9)29-35-53(63)54-36-30-48(42-64(54)80)73(10,11)12/h19-44H,1-18H3. The summed E-state index contributed by atoms with van der Waals surface area (Å²) in [5.41, 5.74) is 17.6. The number of hydrogen-bond acceptors (Lipinski definition) is 3. The Morgan fingerprint density at radius 3 is 0.704 bits per heavy atom. The van der Waals surface area contributed by atoms with Gasteiger partial charge in [-0.25, -0.2) is 4.98 Å². The first-order valence-corrected chi connectivity index (χ1v) is 29.2. The van der Waals surface area contributed by atoms with E-state index in [0.29, 0.717) is 17.6 Å². The van der Waals surface area contributed by atoms with E-state index in [-0.39, 0.29) is 32.5 Å². The fourth-order valence-electron chi connectivity index (χ4n) is 12.0. The van der Waals surface area contributed by atoms with E-state index in [4.69, 9.17) is 15.0 Å². The molecule has 4 heterocycles. The second-order valence-electron chi connectivity index (χ2n) is 29.2. The molecule has 12 aromatic rings. The molecule has 0 aliphatic carbocycles. The van der Waals surface area contributed by atoms with Crippen LogP contribution in [-0.2, 0) is 32.5 Å². The maximum Gasteiger partial charge on any atom is 0.238 e. The molecular weight excluding hydrogens is 985 g/mol. The summed E-state index contributed by atoms with van der Waals surface area (Å²) < 4.78 is 7.28. The number of hydrogen-bond donors (Lipinski definition) is 0. The molecule has 410 valence electrons. The van der Waals surface area contributed by atoms with Crippen molar-refractivity contribution in [1.82, 2.24) is 28.7 Å². The minimum atomic E-state index is -0.108. The van der Waals surface area contributed by atoms with E-state index in [1.165, 1.54) is 54.9 Å². The molecule has 0 saturated heterocycles. The predicted molar refractivity (Wildman–Crippen MR) is 346 cm³/mol. The molecule has 0 N–H and O–H groups in total. The van der Waals surface area contributed by atoms with Crippen LogP contribution in [0.1, 0.15) is 158 Å². The van der Waals surface area contributed by atoms with Crippen molar-refractivity contribution in [1.29, 1.82) is 0 Å². The van der Waals surface area contributed by atoms with Gasteiger partial charge in [0, 0.05) is 43.4 Å². The van der Waals surface area contributed by atoms with E-state index in [1.807, 2.05) is 0 Å². The third-order valence-corrected chi connectivity index (χ3v) is 17.1. The molecule has 0 amide bonds. The predicted octanol–water partition coefficient (Wildman–Crippen LogP) is 20.3. The van der Waals surface area contributed by atoms with Crippen molar-refractivity contribution in [3.8, 4) is 40.1 Å². The summed E-state index contributed by atoms with van der Waals surface area (Å²) in [4.78, 5) is 17.4. The van der Waals surface area contributed by atoms with Crippen molar-refractivity contribution >= 4 is 65.4 Å². The first kappa shape index (κ1) is 53.8. The van der Waals surface area contributed by atoms with Gasteiger partial charge >= 0.3 is 0 Å². The lowest BCUT2D eigenvalue weighted by molar-refractivity contribution is 0.590. The Morgan fingerprint density at radius 2 is 0.469 bits per heavy atom. The average Bonchev–Trinajstić information content (AvgIpc) is 4.26. The Kier molecular flexibility index (Phi) is 12.2. The molecule has 4 aromatic heterocycles. The highest BCUT2D eigenvalue weighted by molar-refractivity contribution is 6.12. The van der Waals surface area contributed by atoms with Crippen LogP contribution in [0.25, 0.3) is 106 Å². The van der Waals surface area contributed by atoms with Gasteiger partial charge in [-0.3, -0.25) is 4.57 Å². The topological polar surface area (TPSA) is 53.5 Å². The number of fused-ring (bicyclic) bond motifs is 9. The molecular formula is C75H80N6. The van der Waals surface area contributed by atoms with E-state index in [2.05, 4.69) is 296 Å². The smallest absolute Gasteiger partial charge is 0.238 e. The molecule has 0 aliphatic heterocycles. The van der Waals surface area contributed by atoms with Gasteiger partial charge < -0.3 is 9.13 Å². The summed E-state index contributed by atoms with van der Waals surface area (Å²) in [6, 6.07) is 59.6. The van der Waals surface area contributed by atoms with Gasteiger partial charge in [0.2, 0.25) is 5.95 Å². The molecule has 0 unspecified atom stereocenters. The van der Waals surface area contributed by atoms with Gasteiger partial charge in [-0.05, 0) is 127 Å². The van der Waals surface area contributed by atoms with Crippen LogP contribution in [0.4, 0.5) is 0 Å². The van der Waals surface area contributed by atoms with Crippen LogP contribution < -0.4 is 0 Å². The van der Waals surface area contributed by atoms with Crippen LogP contribution in [0.15, 0.2) is 158 Å². The molecule has 0 atom stereocenters. The van der Waals surface area contributed by atoms with E-state index >= 15 is 0 Å². The van der Waals surface area contributed by atoms with Crippen LogP contribution in [0, 0.1) is 0 Å². The summed E-state index contributed by atoms with van der Waals surface area (Å²) in [7, 11) is 0. The minimum Gasteiger partial charge on any atom is -0.308 e. The maximum atomic E-state index is 5.79. The number of nitrogens with zero attached hydrogens (tertiary/aromatic N) is 6. The van der Waals surface area contributed by atoms with E-state index in [9.17, 15) is 0 Å². The molecule has 6 nitrogen and oxygen atoms in total. The highest BCUT2D eigenvalue weighted by atomic mass is 15.2. The summed E-state index contributed by atoms with van der Waals surface area (Å²) in [6.45, 7) is 41.3. The molecule has 0 bridgehead atoms. The number of benzene rings is 8. The zero-order valence-corrected chi connectivity index (χ0v) is 51.2. The second kappa shape index (κ2) is 18.3. The number of para-hydroxylation sites is 2. The minimum absolute atomic E-state index is 0.0714. The Balaban J connectivity index is 1.22. The Hall–Kier alpha value is -7.83. The molecule has 12 rings (SSSR count). The van der Waals surface area contributed by atoms with Gasteiger partial charge in [-0.15, -0.1) is 0 Å². The van der Waals surface area contributed by atoms with Crippen molar-refractivity contribution < 1.29 is 0 Å². The van der Waals surface area contributed by atoms with Gasteiger partial charge in [-0.1, -0.05) is 222 Å². The molecule has 0 spiro atoms. The van der Waals surface area contributed by atoms with Crippen molar-refractivity contribution in [2.45, 2.75) is 157 Å². The summed E-state index contributed by atoms with van der Waals surface area (Å²) in [5.74, 6) is 1.75. The van der Waals surface area contributed by atoms with Gasteiger partial charge in [-0.2, -0.15) is 9.97 Å². The first-order chi connectivity index (χ1) is 37.9. The fourth-order valence-corrected chi connectivity index (χ4v) is 12.0. The van der Waals surface area contributed by atoms with Crippen LogP contribution in [-0.4, -0.2) is 28.7 Å². The van der Waals surface area contributed by atoms with Gasteiger partial charge in [0.25, 0.3) is 0 Å². The van der Waals surface area contributed by atoms with Crippen molar-refractivity contribution in [2.75, 3.05) is 0 Å². The third kappa shape index (κ3) is 9.23. The van der Waals surface area contributed by atoms with Crippen molar-refractivity contribution in [3.05, 3.63) is 191 Å². The van der Waals surface area contributed by atoms with Crippen LogP contribution >= 0.6 is 0 Å². The Labute approximate surface area is 479 Å². The van der Waals surface area contributed by atoms with Gasteiger partial charge in [0.1, 0.15) is 0 Å². The van der Waals surface area contributed by atoms with Crippen LogP contribution in [0.3, 0.4) is 0 Å². The summed E-state index contributed by atoms with van der Waals surface area (Å²) in [5, 5.41) is 7.17. The van der Waals surface area contributed by atoms with Crippen molar-refractivity contribution in [2.24, 2.45) is 0 Å². The maximum absolute atomic E-state index is 5.79. The third-order valence-electron chi connectivity index (χ3n) is 17.1. The zero-order valence-electron chi connectivity index (χ0n) is 51.2. The second-order valence-corrected chi connectivity index (χ2v) is 29.2. The number of rotatable bonds is 5. The summed E-state index contributed by atoms with van der Waals surface area (Å²) >= 11 is 0. The molecule has 0 saturated carbocycles. The SMILES string of the molecule is CC(C)(C)c1ccc2c3ccc(C(C)(C)C)cc3n(-c3nc(-c4ccccc4-n4c5cc(C(C)(C)C)ccc5c5ccc(C(C)(C)C)cc54)nc(-c4ccccc4-n4c5cc(C(C)(C)C)ccc5c5ccc(C(C)(C)C)cc54)n3)c2c1.